The zero-order valence-electron chi connectivity index (χ0n) is 18.4. The van der Waals surface area contributed by atoms with Crippen LogP contribution >= 0.6 is 0 Å². The number of anilines is 1. The predicted molar refractivity (Wildman–Crippen MR) is 118 cm³/mol. The molecule has 1 amide bonds. The normalized spacial score (nSPS) is 16.1. The molecule has 1 fully saturated rings. The number of sulfonamides is 2. The molecule has 1 aromatic heterocycles. The first kappa shape index (κ1) is 24.4. The number of amides is 1. The monoisotopic (exact) mass is 484 g/mol. The van der Waals surface area contributed by atoms with Crippen LogP contribution in [0.15, 0.2) is 38.6 Å². The minimum absolute atomic E-state index is 0.0710. The van der Waals surface area contributed by atoms with Gasteiger partial charge < -0.3 is 9.84 Å². The molecule has 2 heterocycles. The largest absolute Gasteiger partial charge is 0.360 e. The van der Waals surface area contributed by atoms with E-state index < -0.39 is 32.5 Å². The fraction of sp³-hybridized carbons (Fsp3) is 0.500. The van der Waals surface area contributed by atoms with Crippen molar-refractivity contribution in [3.05, 3.63) is 35.7 Å². The van der Waals surface area contributed by atoms with Gasteiger partial charge in [-0.15, -0.1) is 0 Å². The van der Waals surface area contributed by atoms with Gasteiger partial charge in [0, 0.05) is 25.8 Å². The molecule has 176 valence electrons. The number of carbonyl (C=O) groups is 1. The SMILES string of the molecule is Cc1noc(C)c1S(=O)(=O)N(C)CC(=O)Nc1cccc(S(=O)(=O)N2CCCCCC2)c1. The standard InChI is InChI=1S/C20H28N4O6S2/c1-15-20(16(2)30-22-15)32(28,29)23(3)14-19(25)21-17-9-8-10-18(13-17)31(26,27)24-11-6-4-5-7-12-24/h8-10,13H,4-7,11-12,14H2,1-3H3,(H,21,25). The lowest BCUT2D eigenvalue weighted by molar-refractivity contribution is -0.116. The summed E-state index contributed by atoms with van der Waals surface area (Å²) >= 11 is 0. The Kier molecular flexibility index (Phi) is 7.38. The molecule has 0 bridgehead atoms. The number of nitrogens with one attached hydrogen (secondary N) is 1. The maximum Gasteiger partial charge on any atom is 0.248 e. The molecule has 12 heteroatoms. The number of aryl methyl sites for hydroxylation is 2. The molecular formula is C20H28N4O6S2. The molecule has 0 saturated carbocycles. The summed E-state index contributed by atoms with van der Waals surface area (Å²) in [5.74, 6) is -0.465. The number of rotatable bonds is 7. The maximum atomic E-state index is 13.0. The molecule has 32 heavy (non-hydrogen) atoms. The molecular weight excluding hydrogens is 456 g/mol. The van der Waals surface area contributed by atoms with Crippen LogP contribution in [0.3, 0.4) is 0 Å². The van der Waals surface area contributed by atoms with Gasteiger partial charge in [-0.1, -0.05) is 24.1 Å². The van der Waals surface area contributed by atoms with Crippen molar-refractivity contribution in [1.29, 1.82) is 0 Å². The van der Waals surface area contributed by atoms with Crippen LogP contribution in [-0.2, 0) is 24.8 Å². The summed E-state index contributed by atoms with van der Waals surface area (Å²) in [6.07, 6.45) is 3.65. The summed E-state index contributed by atoms with van der Waals surface area (Å²) in [7, 11) is -6.37. The fourth-order valence-electron chi connectivity index (χ4n) is 3.65. The number of likely N-dealkylation sites (N-methyl/N-ethyl adjacent to an activating group) is 1. The zero-order valence-corrected chi connectivity index (χ0v) is 20.0. The number of benzene rings is 1. The molecule has 0 spiro atoms. The first-order valence-electron chi connectivity index (χ1n) is 10.3. The summed E-state index contributed by atoms with van der Waals surface area (Å²) in [6.45, 7) is 3.48. The Morgan fingerprint density at radius 2 is 1.78 bits per heavy atom. The third-order valence-corrected chi connectivity index (χ3v) is 9.27. The number of hydrogen-bond acceptors (Lipinski definition) is 7. The van der Waals surface area contributed by atoms with Crippen LogP contribution in [0.1, 0.15) is 37.1 Å². The van der Waals surface area contributed by atoms with E-state index in [9.17, 15) is 21.6 Å². The van der Waals surface area contributed by atoms with Crippen LogP contribution < -0.4 is 5.32 Å². The molecule has 1 saturated heterocycles. The average Bonchev–Trinajstić information content (AvgIpc) is 2.93. The summed E-state index contributed by atoms with van der Waals surface area (Å²) < 4.78 is 58.8. The van der Waals surface area contributed by atoms with Gasteiger partial charge in [-0.3, -0.25) is 4.79 Å². The van der Waals surface area contributed by atoms with E-state index in [-0.39, 0.29) is 26.9 Å². The van der Waals surface area contributed by atoms with E-state index in [0.29, 0.717) is 13.1 Å². The molecule has 0 atom stereocenters. The van der Waals surface area contributed by atoms with Crippen molar-refractivity contribution >= 4 is 31.6 Å². The van der Waals surface area contributed by atoms with Gasteiger partial charge in [0.05, 0.1) is 11.4 Å². The van der Waals surface area contributed by atoms with Crippen LogP contribution in [0.5, 0.6) is 0 Å². The van der Waals surface area contributed by atoms with Crippen molar-refractivity contribution in [3.63, 3.8) is 0 Å². The summed E-state index contributed by atoms with van der Waals surface area (Å²) in [4.78, 5) is 12.5. The maximum absolute atomic E-state index is 13.0. The average molecular weight is 485 g/mol. The highest BCUT2D eigenvalue weighted by atomic mass is 32.2. The van der Waals surface area contributed by atoms with Crippen LogP contribution in [0.2, 0.25) is 0 Å². The fourth-order valence-corrected chi connectivity index (χ4v) is 6.63. The second-order valence-corrected chi connectivity index (χ2v) is 11.7. The number of nitrogens with zero attached hydrogens (tertiary/aromatic N) is 3. The topological polar surface area (TPSA) is 130 Å². The molecule has 1 aliphatic heterocycles. The van der Waals surface area contributed by atoms with E-state index >= 15 is 0 Å². The molecule has 2 aromatic rings. The van der Waals surface area contributed by atoms with Gasteiger partial charge in [0.25, 0.3) is 0 Å². The molecule has 0 aliphatic carbocycles. The molecule has 1 aromatic carbocycles. The van der Waals surface area contributed by atoms with E-state index in [1.54, 1.807) is 12.1 Å². The number of hydrogen-bond donors (Lipinski definition) is 1. The zero-order chi connectivity index (χ0) is 23.5. The van der Waals surface area contributed by atoms with E-state index in [1.165, 1.54) is 37.3 Å². The van der Waals surface area contributed by atoms with Crippen LogP contribution in [0.4, 0.5) is 5.69 Å². The van der Waals surface area contributed by atoms with Crippen LogP contribution in [0, 0.1) is 13.8 Å². The molecule has 3 rings (SSSR count). The minimum atomic E-state index is -3.98. The first-order chi connectivity index (χ1) is 15.0. The summed E-state index contributed by atoms with van der Waals surface area (Å²) in [5, 5.41) is 6.23. The van der Waals surface area contributed by atoms with Crippen molar-refractivity contribution in [2.75, 3.05) is 32.0 Å². The Balaban J connectivity index is 1.72. The highest BCUT2D eigenvalue weighted by Crippen LogP contribution is 2.24. The van der Waals surface area contributed by atoms with Gasteiger partial charge in [0.2, 0.25) is 26.0 Å². The number of aromatic nitrogens is 1. The molecule has 1 N–H and O–H groups in total. The second-order valence-electron chi connectivity index (χ2n) is 7.81. The van der Waals surface area contributed by atoms with Gasteiger partial charge >= 0.3 is 0 Å². The first-order valence-corrected chi connectivity index (χ1v) is 13.2. The second kappa shape index (κ2) is 9.69. The van der Waals surface area contributed by atoms with Gasteiger partial charge in [-0.05, 0) is 44.9 Å². The van der Waals surface area contributed by atoms with Crippen molar-refractivity contribution < 1.29 is 26.2 Å². The third-order valence-electron chi connectivity index (χ3n) is 5.32. The Morgan fingerprint density at radius 3 is 2.38 bits per heavy atom. The Hall–Kier alpha value is -2.28. The van der Waals surface area contributed by atoms with Crippen LogP contribution in [0.25, 0.3) is 0 Å². The highest BCUT2D eigenvalue weighted by molar-refractivity contribution is 7.89. The van der Waals surface area contributed by atoms with Crippen LogP contribution in [-0.4, -0.2) is 63.2 Å². The van der Waals surface area contributed by atoms with E-state index in [2.05, 4.69) is 10.5 Å². The Bertz CT molecular complexity index is 1160. The predicted octanol–water partition coefficient (Wildman–Crippen LogP) is 2.12. The molecule has 10 nitrogen and oxygen atoms in total. The van der Waals surface area contributed by atoms with Crippen molar-refractivity contribution in [1.82, 2.24) is 13.8 Å². The van der Waals surface area contributed by atoms with E-state index in [4.69, 9.17) is 4.52 Å². The van der Waals surface area contributed by atoms with E-state index in [0.717, 1.165) is 30.0 Å². The van der Waals surface area contributed by atoms with Crippen molar-refractivity contribution in [2.24, 2.45) is 0 Å². The van der Waals surface area contributed by atoms with Gasteiger partial charge in [0.15, 0.2) is 5.76 Å². The molecule has 0 radical (unpaired) electrons. The minimum Gasteiger partial charge on any atom is -0.360 e. The number of carbonyl (C=O) groups excluding carboxylic acids is 1. The lowest BCUT2D eigenvalue weighted by atomic mass is 10.2. The quantitative estimate of drug-likeness (QED) is 0.637. The summed E-state index contributed by atoms with van der Waals surface area (Å²) in [5.41, 5.74) is 0.482. The Morgan fingerprint density at radius 1 is 1.12 bits per heavy atom. The lowest BCUT2D eigenvalue weighted by Gasteiger charge is -2.20. The smallest absolute Gasteiger partial charge is 0.248 e. The highest BCUT2D eigenvalue weighted by Gasteiger charge is 2.30. The van der Waals surface area contributed by atoms with E-state index in [1.807, 2.05) is 0 Å². The lowest BCUT2D eigenvalue weighted by Crippen LogP contribution is -2.35. The van der Waals surface area contributed by atoms with Crippen molar-refractivity contribution in [2.45, 2.75) is 49.3 Å². The van der Waals surface area contributed by atoms with Crippen molar-refractivity contribution in [3.8, 4) is 0 Å². The third kappa shape index (κ3) is 5.20. The van der Waals surface area contributed by atoms with Gasteiger partial charge in [-0.2, -0.15) is 8.61 Å². The van der Waals surface area contributed by atoms with Gasteiger partial charge in [0.1, 0.15) is 10.6 Å². The van der Waals surface area contributed by atoms with Gasteiger partial charge in [-0.25, -0.2) is 16.8 Å². The molecule has 0 unspecified atom stereocenters. The molecule has 1 aliphatic rings. The Labute approximate surface area is 188 Å². The summed E-state index contributed by atoms with van der Waals surface area (Å²) in [6, 6.07) is 5.98.